The average Bonchev–Trinajstić information content (AvgIpc) is 2.26. The molecule has 0 aliphatic heterocycles. The molecule has 0 unspecified atom stereocenters. The molecule has 0 N–H and O–H groups in total. The maximum Gasteiger partial charge on any atom is 0.446 e. The molecule has 0 aliphatic rings. The van der Waals surface area contributed by atoms with Gasteiger partial charge in [0.2, 0.25) is 0 Å². The minimum Gasteiger partial charge on any atom is -0.494 e. The summed E-state index contributed by atoms with van der Waals surface area (Å²) >= 11 is 5.15. The van der Waals surface area contributed by atoms with Gasteiger partial charge in [0.1, 0.15) is 5.75 Å². The zero-order chi connectivity index (χ0) is 14.5. The second-order valence-electron chi connectivity index (χ2n) is 3.64. The van der Waals surface area contributed by atoms with E-state index in [2.05, 4.69) is 0 Å². The molecule has 0 amide bonds. The Morgan fingerprint density at radius 3 is 2.58 bits per heavy atom. The van der Waals surface area contributed by atoms with Crippen molar-refractivity contribution in [1.29, 1.82) is 0 Å². The molecular weight excluding hydrogens is 301 g/mol. The van der Waals surface area contributed by atoms with Crippen LogP contribution in [0.4, 0.5) is 13.2 Å². The van der Waals surface area contributed by atoms with E-state index in [-0.39, 0.29) is 34.7 Å². The number of ketones is 1. The van der Waals surface area contributed by atoms with Crippen LogP contribution in [0.15, 0.2) is 23.1 Å². The van der Waals surface area contributed by atoms with Gasteiger partial charge in [0, 0.05) is 11.3 Å². The van der Waals surface area contributed by atoms with Gasteiger partial charge in [-0.2, -0.15) is 13.2 Å². The van der Waals surface area contributed by atoms with Gasteiger partial charge in [0.25, 0.3) is 0 Å². The average molecular weight is 313 g/mol. The summed E-state index contributed by atoms with van der Waals surface area (Å²) in [5.74, 6) is -0.104. The van der Waals surface area contributed by atoms with E-state index < -0.39 is 5.51 Å². The Labute approximate surface area is 118 Å². The molecule has 0 aromatic heterocycles. The van der Waals surface area contributed by atoms with Crippen molar-refractivity contribution < 1.29 is 22.7 Å². The molecule has 0 atom stereocenters. The molecule has 7 heteroatoms. The lowest BCUT2D eigenvalue weighted by Crippen LogP contribution is -2.05. The first-order valence-corrected chi connectivity index (χ1v) is 6.79. The van der Waals surface area contributed by atoms with Gasteiger partial charge in [-0.25, -0.2) is 0 Å². The Morgan fingerprint density at radius 2 is 2.05 bits per heavy atom. The van der Waals surface area contributed by atoms with Gasteiger partial charge in [-0.15, -0.1) is 11.6 Å². The van der Waals surface area contributed by atoms with E-state index in [0.29, 0.717) is 17.9 Å². The van der Waals surface area contributed by atoms with Gasteiger partial charge in [-0.05, 0) is 42.4 Å². The molecule has 0 spiro atoms. The molecular formula is C12H12ClF3O2S. The van der Waals surface area contributed by atoms with Crippen LogP contribution in [-0.4, -0.2) is 23.8 Å². The number of rotatable bonds is 6. The molecule has 2 nitrogen and oxygen atoms in total. The second kappa shape index (κ2) is 7.05. The predicted molar refractivity (Wildman–Crippen MR) is 69.0 cm³/mol. The quantitative estimate of drug-likeness (QED) is 0.585. The summed E-state index contributed by atoms with van der Waals surface area (Å²) in [6.45, 7) is 2.07. The van der Waals surface area contributed by atoms with E-state index in [1.54, 1.807) is 13.0 Å². The van der Waals surface area contributed by atoms with Crippen molar-refractivity contribution in [2.24, 2.45) is 0 Å². The van der Waals surface area contributed by atoms with E-state index in [1.165, 1.54) is 12.1 Å². The lowest BCUT2D eigenvalue weighted by molar-refractivity contribution is -0.116. The van der Waals surface area contributed by atoms with Gasteiger partial charge < -0.3 is 4.74 Å². The standard InChI is InChI=1S/C12H12ClF3O2S/c1-2-18-10-4-8(3-9(17)7-13)5-11(6-10)19-12(14,15)16/h4-6H,2-3,7H2,1H3. The summed E-state index contributed by atoms with van der Waals surface area (Å²) in [5.41, 5.74) is -3.91. The first-order valence-electron chi connectivity index (χ1n) is 5.44. The third kappa shape index (κ3) is 6.20. The van der Waals surface area contributed by atoms with Crippen LogP contribution < -0.4 is 4.74 Å². The molecule has 0 aliphatic carbocycles. The lowest BCUT2D eigenvalue weighted by atomic mass is 10.1. The summed E-state index contributed by atoms with van der Waals surface area (Å²) in [6, 6.07) is 4.18. The van der Waals surface area contributed by atoms with Crippen molar-refractivity contribution >= 4 is 29.1 Å². The first kappa shape index (κ1) is 16.2. The van der Waals surface area contributed by atoms with E-state index in [1.807, 2.05) is 0 Å². The van der Waals surface area contributed by atoms with Crippen molar-refractivity contribution in [2.75, 3.05) is 12.5 Å². The largest absolute Gasteiger partial charge is 0.494 e. The number of Topliss-reactive ketones (excluding diaryl/α,β-unsaturated/α-hetero) is 1. The van der Waals surface area contributed by atoms with Crippen molar-refractivity contribution in [3.8, 4) is 5.75 Å². The number of hydrogen-bond acceptors (Lipinski definition) is 3. The maximum absolute atomic E-state index is 12.4. The molecule has 0 bridgehead atoms. The molecule has 0 fully saturated rings. The molecule has 0 saturated carbocycles. The number of carbonyl (C=O) groups is 1. The van der Waals surface area contributed by atoms with Crippen LogP contribution in [0.5, 0.6) is 5.75 Å². The summed E-state index contributed by atoms with van der Waals surface area (Å²) < 4.78 is 42.3. The molecule has 0 radical (unpaired) electrons. The first-order chi connectivity index (χ1) is 8.84. The Kier molecular flexibility index (Phi) is 6.00. The maximum atomic E-state index is 12.4. The summed E-state index contributed by atoms with van der Waals surface area (Å²) in [4.78, 5) is 11.2. The fourth-order valence-corrected chi connectivity index (χ4v) is 2.20. The van der Waals surface area contributed by atoms with E-state index in [0.717, 1.165) is 0 Å². The highest BCUT2D eigenvalue weighted by molar-refractivity contribution is 8.00. The Morgan fingerprint density at radius 1 is 1.37 bits per heavy atom. The van der Waals surface area contributed by atoms with Crippen LogP contribution >= 0.6 is 23.4 Å². The molecule has 0 saturated heterocycles. The normalized spacial score (nSPS) is 11.4. The predicted octanol–water partition coefficient (Wildman–Crippen LogP) is 4.05. The van der Waals surface area contributed by atoms with Crippen LogP contribution in [0, 0.1) is 0 Å². The Hall–Kier alpha value is -0.880. The third-order valence-electron chi connectivity index (χ3n) is 2.03. The van der Waals surface area contributed by atoms with E-state index in [4.69, 9.17) is 16.3 Å². The fourth-order valence-electron chi connectivity index (χ4n) is 1.45. The monoisotopic (exact) mass is 312 g/mol. The second-order valence-corrected chi connectivity index (χ2v) is 5.05. The molecule has 19 heavy (non-hydrogen) atoms. The summed E-state index contributed by atoms with van der Waals surface area (Å²) in [5, 5.41) is 0. The van der Waals surface area contributed by atoms with Crippen LogP contribution in [0.3, 0.4) is 0 Å². The number of hydrogen-bond donors (Lipinski definition) is 0. The van der Waals surface area contributed by atoms with E-state index >= 15 is 0 Å². The van der Waals surface area contributed by atoms with Crippen molar-refractivity contribution in [3.63, 3.8) is 0 Å². The van der Waals surface area contributed by atoms with E-state index in [9.17, 15) is 18.0 Å². The summed E-state index contributed by atoms with van der Waals surface area (Å²) in [6.07, 6.45) is -0.00414. The van der Waals surface area contributed by atoms with Gasteiger partial charge in [-0.3, -0.25) is 4.79 Å². The number of carbonyl (C=O) groups excluding carboxylic acids is 1. The number of benzene rings is 1. The fraction of sp³-hybridized carbons (Fsp3) is 0.417. The number of alkyl halides is 4. The number of halogens is 4. The van der Waals surface area contributed by atoms with Crippen LogP contribution in [-0.2, 0) is 11.2 Å². The Bertz CT molecular complexity index is 449. The number of ether oxygens (including phenoxy) is 1. The van der Waals surface area contributed by atoms with Crippen LogP contribution in [0.1, 0.15) is 12.5 Å². The molecule has 1 rings (SSSR count). The molecule has 0 heterocycles. The highest BCUT2D eigenvalue weighted by Gasteiger charge is 2.29. The van der Waals surface area contributed by atoms with Gasteiger partial charge in [-0.1, -0.05) is 0 Å². The molecule has 1 aromatic carbocycles. The SMILES string of the molecule is CCOc1cc(CC(=O)CCl)cc(SC(F)(F)F)c1. The minimum absolute atomic E-state index is 0.00387. The van der Waals surface area contributed by atoms with Gasteiger partial charge in [0.05, 0.1) is 12.5 Å². The lowest BCUT2D eigenvalue weighted by Gasteiger charge is -2.11. The zero-order valence-electron chi connectivity index (χ0n) is 10.1. The Balaban J connectivity index is 2.99. The zero-order valence-corrected chi connectivity index (χ0v) is 11.7. The highest BCUT2D eigenvalue weighted by atomic mass is 35.5. The van der Waals surface area contributed by atoms with Crippen molar-refractivity contribution in [2.45, 2.75) is 23.7 Å². The third-order valence-corrected chi connectivity index (χ3v) is 3.04. The minimum atomic E-state index is -4.38. The smallest absolute Gasteiger partial charge is 0.446 e. The van der Waals surface area contributed by atoms with Crippen LogP contribution in [0.25, 0.3) is 0 Å². The molecule has 1 aromatic rings. The van der Waals surface area contributed by atoms with Gasteiger partial charge in [0.15, 0.2) is 5.78 Å². The molecule has 106 valence electrons. The van der Waals surface area contributed by atoms with Crippen molar-refractivity contribution in [1.82, 2.24) is 0 Å². The van der Waals surface area contributed by atoms with Crippen LogP contribution in [0.2, 0.25) is 0 Å². The highest BCUT2D eigenvalue weighted by Crippen LogP contribution is 2.38. The van der Waals surface area contributed by atoms with Gasteiger partial charge >= 0.3 is 5.51 Å². The summed E-state index contributed by atoms with van der Waals surface area (Å²) in [7, 11) is 0. The number of thioether (sulfide) groups is 1. The topological polar surface area (TPSA) is 26.3 Å². The van der Waals surface area contributed by atoms with Crippen molar-refractivity contribution in [3.05, 3.63) is 23.8 Å².